The Balaban J connectivity index is 0.858. The van der Waals surface area contributed by atoms with Gasteiger partial charge in [-0.1, -0.05) is 188 Å². The minimum atomic E-state index is 0.229. The molecule has 2 heteroatoms. The summed E-state index contributed by atoms with van der Waals surface area (Å²) < 4.78 is 4.95. The molecule has 1 aliphatic carbocycles. The molecule has 0 saturated heterocycles. The predicted molar refractivity (Wildman–Crippen MR) is 263 cm³/mol. The summed E-state index contributed by atoms with van der Waals surface area (Å²) in [6.45, 7) is 0. The van der Waals surface area contributed by atoms with Crippen LogP contribution in [-0.2, 0) is 0 Å². The zero-order valence-corrected chi connectivity index (χ0v) is 34.2. The number of hydrogen-bond donors (Lipinski definition) is 0. The monoisotopic (exact) mass is 790 g/mol. The van der Waals surface area contributed by atoms with Crippen molar-refractivity contribution in [2.75, 3.05) is 0 Å². The van der Waals surface area contributed by atoms with Crippen molar-refractivity contribution >= 4 is 49.2 Å². The van der Waals surface area contributed by atoms with Crippen molar-refractivity contribution in [1.82, 2.24) is 9.13 Å². The largest absolute Gasteiger partial charge is 0.333 e. The lowest BCUT2D eigenvalue weighted by Crippen LogP contribution is -2.08. The predicted octanol–water partition coefficient (Wildman–Crippen LogP) is 16.1. The number of benzene rings is 9. The maximum atomic E-state index is 2.54. The van der Waals surface area contributed by atoms with Gasteiger partial charge in [-0.15, -0.1) is 0 Å². The maximum absolute atomic E-state index is 2.54. The number of allylic oxidation sites excluding steroid dienone is 4. The van der Waals surface area contributed by atoms with E-state index < -0.39 is 0 Å². The molecule has 1 unspecified atom stereocenters. The highest BCUT2D eigenvalue weighted by Crippen LogP contribution is 2.40. The Hall–Kier alpha value is -7.94. The molecule has 0 saturated carbocycles. The van der Waals surface area contributed by atoms with Crippen LogP contribution in [0.3, 0.4) is 0 Å². The summed E-state index contributed by atoms with van der Waals surface area (Å²) >= 11 is 0. The summed E-state index contributed by atoms with van der Waals surface area (Å²) in [6.07, 6.45) is 8.04. The SMILES string of the molecule is C1=CC(n2c3ccccc3c3cc(-c4ccc5c(c4)c4ccccc4n5-c4ccc(-c5ccc(-c6ccccc6)cc5)cc4)ccc32)CC=C1c1ccc(-c2ccccc2)cc1. The molecule has 2 aromatic heterocycles. The molecule has 0 spiro atoms. The van der Waals surface area contributed by atoms with E-state index in [1.165, 1.54) is 99.3 Å². The fourth-order valence-corrected chi connectivity index (χ4v) is 9.76. The Morgan fingerprint density at radius 1 is 0.323 bits per heavy atom. The van der Waals surface area contributed by atoms with Gasteiger partial charge in [0.05, 0.1) is 17.1 Å². The van der Waals surface area contributed by atoms with Crippen molar-refractivity contribution in [3.63, 3.8) is 0 Å². The van der Waals surface area contributed by atoms with Gasteiger partial charge in [0.1, 0.15) is 0 Å². The first-order valence-corrected chi connectivity index (χ1v) is 21.6. The van der Waals surface area contributed by atoms with Crippen LogP contribution in [0.2, 0.25) is 0 Å². The number of fused-ring (bicyclic) bond motifs is 6. The minimum absolute atomic E-state index is 0.229. The Kier molecular flexibility index (Phi) is 8.67. The van der Waals surface area contributed by atoms with E-state index in [4.69, 9.17) is 0 Å². The third kappa shape index (κ3) is 6.19. The van der Waals surface area contributed by atoms with E-state index in [1.54, 1.807) is 0 Å². The van der Waals surface area contributed by atoms with E-state index in [2.05, 4.69) is 246 Å². The van der Waals surface area contributed by atoms with Gasteiger partial charge in [0, 0.05) is 38.3 Å². The summed E-state index contributed by atoms with van der Waals surface area (Å²) in [7, 11) is 0. The third-order valence-corrected chi connectivity index (χ3v) is 12.9. The molecular weight excluding hydrogens is 749 g/mol. The molecule has 0 N–H and O–H groups in total. The summed E-state index contributed by atoms with van der Waals surface area (Å²) in [5, 5.41) is 5.09. The van der Waals surface area contributed by atoms with Crippen molar-refractivity contribution < 1.29 is 0 Å². The van der Waals surface area contributed by atoms with E-state index in [1.807, 2.05) is 0 Å². The molecular formula is C60H42N2. The fourth-order valence-electron chi connectivity index (χ4n) is 9.76. The van der Waals surface area contributed by atoms with E-state index in [0.29, 0.717) is 0 Å². The number of aromatic nitrogens is 2. The molecule has 2 heterocycles. The number of rotatable bonds is 7. The van der Waals surface area contributed by atoms with E-state index >= 15 is 0 Å². The van der Waals surface area contributed by atoms with Crippen LogP contribution in [0, 0.1) is 0 Å². The van der Waals surface area contributed by atoms with Crippen molar-refractivity contribution in [1.29, 1.82) is 0 Å². The van der Waals surface area contributed by atoms with Gasteiger partial charge in [-0.3, -0.25) is 0 Å². The van der Waals surface area contributed by atoms with Gasteiger partial charge in [-0.25, -0.2) is 0 Å². The summed E-state index contributed by atoms with van der Waals surface area (Å²) in [4.78, 5) is 0. The van der Waals surface area contributed by atoms with Crippen molar-refractivity contribution in [2.24, 2.45) is 0 Å². The minimum Gasteiger partial charge on any atom is -0.333 e. The molecule has 62 heavy (non-hydrogen) atoms. The van der Waals surface area contributed by atoms with E-state index in [-0.39, 0.29) is 6.04 Å². The Morgan fingerprint density at radius 2 is 0.726 bits per heavy atom. The van der Waals surface area contributed by atoms with E-state index in [9.17, 15) is 0 Å². The molecule has 292 valence electrons. The van der Waals surface area contributed by atoms with Gasteiger partial charge in [0.25, 0.3) is 0 Å². The molecule has 1 aliphatic rings. The van der Waals surface area contributed by atoms with Crippen LogP contribution in [0.15, 0.2) is 237 Å². The van der Waals surface area contributed by atoms with Gasteiger partial charge < -0.3 is 9.13 Å². The molecule has 0 aliphatic heterocycles. The van der Waals surface area contributed by atoms with Crippen LogP contribution >= 0.6 is 0 Å². The lowest BCUT2D eigenvalue weighted by atomic mass is 9.95. The highest BCUT2D eigenvalue weighted by Gasteiger charge is 2.20. The van der Waals surface area contributed by atoms with Crippen molar-refractivity contribution in [3.05, 3.63) is 242 Å². The van der Waals surface area contributed by atoms with Crippen molar-refractivity contribution in [3.8, 4) is 50.2 Å². The number of nitrogens with zero attached hydrogens (tertiary/aromatic N) is 2. The molecule has 11 aromatic rings. The second-order valence-electron chi connectivity index (χ2n) is 16.5. The Morgan fingerprint density at radius 3 is 1.29 bits per heavy atom. The summed E-state index contributed by atoms with van der Waals surface area (Å²) in [5.41, 5.74) is 18.5. The number of hydrogen-bond acceptors (Lipinski definition) is 0. The lowest BCUT2D eigenvalue weighted by Gasteiger charge is -2.21. The molecule has 0 bridgehead atoms. The molecule has 2 nitrogen and oxygen atoms in total. The van der Waals surface area contributed by atoms with Gasteiger partial charge in [0.2, 0.25) is 0 Å². The topological polar surface area (TPSA) is 9.86 Å². The summed E-state index contributed by atoms with van der Waals surface area (Å²) in [6, 6.07) is 80.0. The average Bonchev–Trinajstić information content (AvgIpc) is 3.87. The van der Waals surface area contributed by atoms with Gasteiger partial charge in [-0.2, -0.15) is 0 Å². The third-order valence-electron chi connectivity index (χ3n) is 12.9. The second kappa shape index (κ2) is 15.0. The Labute approximate surface area is 361 Å². The first kappa shape index (κ1) is 36.0. The smallest absolute Gasteiger partial charge is 0.0560 e. The molecule has 9 aromatic carbocycles. The summed E-state index contributed by atoms with van der Waals surface area (Å²) in [5.74, 6) is 0. The van der Waals surface area contributed by atoms with Crippen LogP contribution in [-0.4, -0.2) is 9.13 Å². The Bertz CT molecular complexity index is 3490. The standard InChI is InChI=1S/C60H42N2/c1-3-11-41(12-4-1)43-19-23-45(24-20-43)47-27-33-51(34-28-47)61-57-17-9-7-15-53(57)55-39-49(31-37-59(55)61)50-32-38-60-56(40-50)54-16-8-10-18-58(54)62(60)52-35-29-48(30-36-52)46-25-21-44(22-26-46)42-13-5-2-6-14-42/h1-35,37-40,52H,36H2. The van der Waals surface area contributed by atoms with Crippen molar-refractivity contribution in [2.45, 2.75) is 12.5 Å². The van der Waals surface area contributed by atoms with Crippen LogP contribution in [0.5, 0.6) is 0 Å². The molecule has 0 radical (unpaired) electrons. The first-order chi connectivity index (χ1) is 30.7. The normalized spacial score (nSPS) is 13.9. The van der Waals surface area contributed by atoms with Crippen LogP contribution in [0.4, 0.5) is 0 Å². The highest BCUT2D eigenvalue weighted by molar-refractivity contribution is 6.12. The molecule has 1 atom stereocenters. The van der Waals surface area contributed by atoms with Crippen LogP contribution in [0.25, 0.3) is 99.4 Å². The molecule has 0 amide bonds. The van der Waals surface area contributed by atoms with Crippen LogP contribution < -0.4 is 0 Å². The lowest BCUT2D eigenvalue weighted by molar-refractivity contribution is 0.649. The first-order valence-electron chi connectivity index (χ1n) is 21.6. The zero-order valence-electron chi connectivity index (χ0n) is 34.2. The van der Waals surface area contributed by atoms with E-state index in [0.717, 1.165) is 12.1 Å². The molecule has 12 rings (SSSR count). The van der Waals surface area contributed by atoms with Gasteiger partial charge in [-0.05, 0) is 111 Å². The van der Waals surface area contributed by atoms with Gasteiger partial charge >= 0.3 is 0 Å². The zero-order chi connectivity index (χ0) is 41.0. The fraction of sp³-hybridized carbons (Fsp3) is 0.0333. The maximum Gasteiger partial charge on any atom is 0.0560 e. The molecule has 0 fully saturated rings. The quantitative estimate of drug-likeness (QED) is 0.152. The average molecular weight is 791 g/mol. The highest BCUT2D eigenvalue weighted by atomic mass is 15.0. The number of para-hydroxylation sites is 2. The van der Waals surface area contributed by atoms with Crippen LogP contribution in [0.1, 0.15) is 18.0 Å². The second-order valence-corrected chi connectivity index (χ2v) is 16.5. The van der Waals surface area contributed by atoms with Gasteiger partial charge in [0.15, 0.2) is 0 Å².